The van der Waals surface area contributed by atoms with Crippen molar-refractivity contribution in [2.45, 2.75) is 37.6 Å². The molecular weight excluding hydrogens is 246 g/mol. The molecule has 1 aliphatic rings. The van der Waals surface area contributed by atoms with Crippen molar-refractivity contribution in [3.05, 3.63) is 0 Å². The van der Waals surface area contributed by atoms with Crippen molar-refractivity contribution in [3.8, 4) is 6.07 Å². The Bertz CT molecular complexity index is 370. The Morgan fingerprint density at radius 3 is 2.58 bits per heavy atom. The fourth-order valence-electron chi connectivity index (χ4n) is 2.26. The fourth-order valence-corrected chi connectivity index (χ4v) is 2.26. The van der Waals surface area contributed by atoms with Crippen LogP contribution in [0.25, 0.3) is 0 Å². The number of hydrogen-bond donors (Lipinski definition) is 1. The second-order valence-electron chi connectivity index (χ2n) is 5.01. The minimum atomic E-state index is -0.680. The molecule has 19 heavy (non-hydrogen) atoms. The molecule has 0 aromatic heterocycles. The molecule has 1 aliphatic carbocycles. The van der Waals surface area contributed by atoms with E-state index in [1.807, 2.05) is 0 Å². The first kappa shape index (κ1) is 15.4. The van der Waals surface area contributed by atoms with E-state index in [-0.39, 0.29) is 24.8 Å². The average Bonchev–Trinajstić information content (AvgIpc) is 2.84. The lowest BCUT2D eigenvalue weighted by Gasteiger charge is -2.24. The van der Waals surface area contributed by atoms with Gasteiger partial charge in [-0.2, -0.15) is 5.26 Å². The molecule has 1 fully saturated rings. The van der Waals surface area contributed by atoms with E-state index in [1.54, 1.807) is 11.9 Å². The SMILES string of the molecule is COC(=O)CCN(C)CC(=O)NC1(C#N)CCCC1. The van der Waals surface area contributed by atoms with Gasteiger partial charge in [0.1, 0.15) is 5.54 Å². The van der Waals surface area contributed by atoms with Gasteiger partial charge in [0.15, 0.2) is 0 Å². The predicted molar refractivity (Wildman–Crippen MR) is 69.1 cm³/mol. The van der Waals surface area contributed by atoms with Gasteiger partial charge >= 0.3 is 5.97 Å². The number of ether oxygens (including phenoxy) is 1. The third kappa shape index (κ3) is 4.87. The van der Waals surface area contributed by atoms with Crippen molar-refractivity contribution in [2.24, 2.45) is 0 Å². The number of nitrogens with one attached hydrogen (secondary N) is 1. The maximum atomic E-state index is 11.9. The van der Waals surface area contributed by atoms with Crippen LogP contribution in [0, 0.1) is 11.3 Å². The molecular formula is C13H21N3O3. The number of likely N-dealkylation sites (N-methyl/N-ethyl adjacent to an activating group) is 1. The summed E-state index contributed by atoms with van der Waals surface area (Å²) in [5, 5.41) is 12.0. The Kier molecular flexibility index (Phi) is 5.77. The van der Waals surface area contributed by atoms with Crippen molar-refractivity contribution in [2.75, 3.05) is 27.2 Å². The highest BCUT2D eigenvalue weighted by molar-refractivity contribution is 5.79. The lowest BCUT2D eigenvalue weighted by atomic mass is 10.00. The summed E-state index contributed by atoms with van der Waals surface area (Å²) in [7, 11) is 3.10. The van der Waals surface area contributed by atoms with Gasteiger partial charge in [-0.3, -0.25) is 14.5 Å². The van der Waals surface area contributed by atoms with Gasteiger partial charge < -0.3 is 10.1 Å². The monoisotopic (exact) mass is 267 g/mol. The number of nitriles is 1. The summed E-state index contributed by atoms with van der Waals surface area (Å²) >= 11 is 0. The molecule has 0 aromatic carbocycles. The van der Waals surface area contributed by atoms with E-state index in [0.717, 1.165) is 25.7 Å². The van der Waals surface area contributed by atoms with Crippen LogP contribution in [0.2, 0.25) is 0 Å². The summed E-state index contributed by atoms with van der Waals surface area (Å²) in [6, 6.07) is 2.22. The predicted octanol–water partition coefficient (Wildman–Crippen LogP) is 0.434. The van der Waals surface area contributed by atoms with Gasteiger partial charge in [-0.25, -0.2) is 0 Å². The minimum Gasteiger partial charge on any atom is -0.469 e. The Hall–Kier alpha value is -1.61. The summed E-state index contributed by atoms with van der Waals surface area (Å²) in [4.78, 5) is 24.6. The highest BCUT2D eigenvalue weighted by atomic mass is 16.5. The van der Waals surface area contributed by atoms with Gasteiger partial charge in [-0.05, 0) is 32.7 Å². The summed E-state index contributed by atoms with van der Waals surface area (Å²) in [6.45, 7) is 0.639. The summed E-state index contributed by atoms with van der Waals surface area (Å²) in [5.41, 5.74) is -0.680. The first-order chi connectivity index (χ1) is 9.01. The van der Waals surface area contributed by atoms with E-state index >= 15 is 0 Å². The zero-order valence-corrected chi connectivity index (χ0v) is 11.6. The average molecular weight is 267 g/mol. The molecule has 0 atom stereocenters. The molecule has 1 rings (SSSR count). The van der Waals surface area contributed by atoms with Crippen LogP contribution in [0.3, 0.4) is 0 Å². The lowest BCUT2D eigenvalue weighted by Crippen LogP contribution is -2.48. The summed E-state index contributed by atoms with van der Waals surface area (Å²) in [5.74, 6) is -0.465. The molecule has 0 bridgehead atoms. The van der Waals surface area contributed by atoms with Crippen LogP contribution in [0.4, 0.5) is 0 Å². The molecule has 6 heteroatoms. The highest BCUT2D eigenvalue weighted by Crippen LogP contribution is 2.28. The molecule has 0 spiro atoms. The van der Waals surface area contributed by atoms with Crippen molar-refractivity contribution >= 4 is 11.9 Å². The van der Waals surface area contributed by atoms with Crippen molar-refractivity contribution in [1.82, 2.24) is 10.2 Å². The molecule has 1 N–H and O–H groups in total. The molecule has 0 unspecified atom stereocenters. The third-order valence-electron chi connectivity index (χ3n) is 3.39. The van der Waals surface area contributed by atoms with Crippen LogP contribution in [0.5, 0.6) is 0 Å². The number of carbonyl (C=O) groups is 2. The molecule has 0 saturated heterocycles. The number of methoxy groups -OCH3 is 1. The van der Waals surface area contributed by atoms with Crippen LogP contribution in [0.1, 0.15) is 32.1 Å². The van der Waals surface area contributed by atoms with Crippen LogP contribution < -0.4 is 5.32 Å². The third-order valence-corrected chi connectivity index (χ3v) is 3.39. The molecule has 0 radical (unpaired) electrons. The van der Waals surface area contributed by atoms with Crippen LogP contribution in [0.15, 0.2) is 0 Å². The van der Waals surface area contributed by atoms with E-state index in [1.165, 1.54) is 7.11 Å². The number of rotatable bonds is 6. The molecule has 1 amide bonds. The van der Waals surface area contributed by atoms with E-state index in [9.17, 15) is 9.59 Å². The number of amides is 1. The van der Waals surface area contributed by atoms with Gasteiger partial charge in [0.2, 0.25) is 5.91 Å². The lowest BCUT2D eigenvalue weighted by molar-refractivity contribution is -0.141. The molecule has 106 valence electrons. The van der Waals surface area contributed by atoms with E-state index in [4.69, 9.17) is 5.26 Å². The first-order valence-corrected chi connectivity index (χ1v) is 6.49. The largest absolute Gasteiger partial charge is 0.469 e. The highest BCUT2D eigenvalue weighted by Gasteiger charge is 2.35. The van der Waals surface area contributed by atoms with Crippen LogP contribution in [-0.2, 0) is 14.3 Å². The topological polar surface area (TPSA) is 82.4 Å². The second-order valence-corrected chi connectivity index (χ2v) is 5.01. The van der Waals surface area contributed by atoms with Gasteiger partial charge in [0, 0.05) is 6.54 Å². The van der Waals surface area contributed by atoms with E-state index < -0.39 is 5.54 Å². The van der Waals surface area contributed by atoms with E-state index in [0.29, 0.717) is 6.54 Å². The Morgan fingerprint density at radius 2 is 2.05 bits per heavy atom. The smallest absolute Gasteiger partial charge is 0.306 e. The number of nitrogens with zero attached hydrogens (tertiary/aromatic N) is 2. The van der Waals surface area contributed by atoms with Gasteiger partial charge in [0.05, 0.1) is 26.1 Å². The number of carbonyl (C=O) groups excluding carboxylic acids is 2. The molecule has 0 heterocycles. The quantitative estimate of drug-likeness (QED) is 0.706. The maximum absolute atomic E-state index is 11.9. The number of esters is 1. The molecule has 1 saturated carbocycles. The van der Waals surface area contributed by atoms with Gasteiger partial charge in [-0.15, -0.1) is 0 Å². The zero-order valence-electron chi connectivity index (χ0n) is 11.6. The van der Waals surface area contributed by atoms with Crippen LogP contribution >= 0.6 is 0 Å². The Balaban J connectivity index is 2.34. The molecule has 0 aliphatic heterocycles. The number of hydrogen-bond acceptors (Lipinski definition) is 5. The van der Waals surface area contributed by atoms with Gasteiger partial charge in [0.25, 0.3) is 0 Å². The zero-order chi connectivity index (χ0) is 14.3. The summed E-state index contributed by atoms with van der Waals surface area (Å²) < 4.78 is 4.54. The van der Waals surface area contributed by atoms with Crippen molar-refractivity contribution in [3.63, 3.8) is 0 Å². The standard InChI is InChI=1S/C13H21N3O3/c1-16(8-5-12(18)19-2)9-11(17)15-13(10-14)6-3-4-7-13/h3-9H2,1-2H3,(H,15,17). The van der Waals surface area contributed by atoms with Crippen LogP contribution in [-0.4, -0.2) is 49.6 Å². The second kappa shape index (κ2) is 7.10. The minimum absolute atomic E-state index is 0.171. The van der Waals surface area contributed by atoms with Crippen molar-refractivity contribution in [1.29, 1.82) is 5.26 Å². The Morgan fingerprint density at radius 1 is 1.42 bits per heavy atom. The maximum Gasteiger partial charge on any atom is 0.306 e. The van der Waals surface area contributed by atoms with E-state index in [2.05, 4.69) is 16.1 Å². The fraction of sp³-hybridized carbons (Fsp3) is 0.769. The Labute approximate surface area is 113 Å². The molecule has 0 aromatic rings. The first-order valence-electron chi connectivity index (χ1n) is 6.49. The van der Waals surface area contributed by atoms with Crippen molar-refractivity contribution < 1.29 is 14.3 Å². The normalized spacial score (nSPS) is 16.9. The summed E-state index contributed by atoms with van der Waals surface area (Å²) in [6.07, 6.45) is 3.66. The molecule has 6 nitrogen and oxygen atoms in total. The van der Waals surface area contributed by atoms with Gasteiger partial charge in [-0.1, -0.05) is 0 Å².